The van der Waals surface area contributed by atoms with Crippen LogP contribution in [-0.2, 0) is 6.18 Å². The molecule has 0 saturated carbocycles. The van der Waals surface area contributed by atoms with Gasteiger partial charge in [0, 0.05) is 25.7 Å². The van der Waals surface area contributed by atoms with Crippen LogP contribution < -0.4 is 0 Å². The second kappa shape index (κ2) is 6.21. The Morgan fingerprint density at radius 1 is 1.15 bits per heavy atom. The first kappa shape index (κ1) is 16.4. The molecular formula is C13H16F4N2O. The Morgan fingerprint density at radius 3 is 2.25 bits per heavy atom. The highest BCUT2D eigenvalue weighted by atomic mass is 19.4. The highest BCUT2D eigenvalue weighted by Crippen LogP contribution is 2.32. The molecule has 0 unspecified atom stereocenters. The summed E-state index contributed by atoms with van der Waals surface area (Å²) < 4.78 is 50.9. The highest BCUT2D eigenvalue weighted by Gasteiger charge is 2.34. The van der Waals surface area contributed by atoms with Crippen LogP contribution in [-0.4, -0.2) is 49.9 Å². The summed E-state index contributed by atoms with van der Waals surface area (Å²) in [7, 11) is 5.12. The van der Waals surface area contributed by atoms with Gasteiger partial charge in [-0.3, -0.25) is 4.79 Å². The molecule has 0 atom stereocenters. The molecule has 0 radical (unpaired) electrons. The minimum absolute atomic E-state index is 0.181. The van der Waals surface area contributed by atoms with Crippen molar-refractivity contribution in [3.05, 3.63) is 35.1 Å². The van der Waals surface area contributed by atoms with E-state index in [1.807, 2.05) is 19.0 Å². The van der Waals surface area contributed by atoms with E-state index in [1.54, 1.807) is 0 Å². The normalized spacial score (nSPS) is 11.8. The molecule has 0 saturated heterocycles. The van der Waals surface area contributed by atoms with E-state index < -0.39 is 23.5 Å². The Kier molecular flexibility index (Phi) is 5.10. The fraction of sp³-hybridized carbons (Fsp3) is 0.462. The molecule has 20 heavy (non-hydrogen) atoms. The first-order chi connectivity index (χ1) is 9.12. The SMILES string of the molecule is CN(C)CCN(C)C(=O)c1ccc(F)c(C(F)(F)F)c1. The molecule has 0 aromatic heterocycles. The summed E-state index contributed by atoms with van der Waals surface area (Å²) in [6.07, 6.45) is -4.82. The summed E-state index contributed by atoms with van der Waals surface area (Å²) in [6.45, 7) is 0.945. The van der Waals surface area contributed by atoms with Gasteiger partial charge in [-0.15, -0.1) is 0 Å². The van der Waals surface area contributed by atoms with Crippen LogP contribution in [0.5, 0.6) is 0 Å². The third kappa shape index (κ3) is 4.19. The van der Waals surface area contributed by atoms with Crippen molar-refractivity contribution in [3.63, 3.8) is 0 Å². The number of amides is 1. The van der Waals surface area contributed by atoms with Gasteiger partial charge in [0.15, 0.2) is 0 Å². The van der Waals surface area contributed by atoms with Gasteiger partial charge in [0.1, 0.15) is 5.82 Å². The molecule has 0 N–H and O–H groups in total. The first-order valence-corrected chi connectivity index (χ1v) is 5.90. The van der Waals surface area contributed by atoms with E-state index >= 15 is 0 Å². The lowest BCUT2D eigenvalue weighted by Gasteiger charge is -2.20. The van der Waals surface area contributed by atoms with Crippen LogP contribution >= 0.6 is 0 Å². The molecule has 1 aromatic carbocycles. The molecule has 0 spiro atoms. The average Bonchev–Trinajstić information content (AvgIpc) is 2.34. The first-order valence-electron chi connectivity index (χ1n) is 5.90. The van der Waals surface area contributed by atoms with Crippen LogP contribution in [0.2, 0.25) is 0 Å². The summed E-state index contributed by atoms with van der Waals surface area (Å²) in [5.74, 6) is -1.96. The smallest absolute Gasteiger partial charge is 0.340 e. The second-order valence-electron chi connectivity index (χ2n) is 4.72. The predicted molar refractivity (Wildman–Crippen MR) is 66.9 cm³/mol. The van der Waals surface area contributed by atoms with Gasteiger partial charge in [0.05, 0.1) is 5.56 Å². The Morgan fingerprint density at radius 2 is 1.75 bits per heavy atom. The van der Waals surface area contributed by atoms with Gasteiger partial charge in [-0.25, -0.2) is 4.39 Å². The Labute approximate surface area is 114 Å². The van der Waals surface area contributed by atoms with Crippen molar-refractivity contribution in [2.75, 3.05) is 34.2 Å². The van der Waals surface area contributed by atoms with E-state index in [0.717, 1.165) is 6.07 Å². The van der Waals surface area contributed by atoms with Crippen molar-refractivity contribution >= 4 is 5.91 Å². The molecule has 1 amide bonds. The third-order valence-corrected chi connectivity index (χ3v) is 2.75. The fourth-order valence-electron chi connectivity index (χ4n) is 1.55. The van der Waals surface area contributed by atoms with E-state index in [1.165, 1.54) is 11.9 Å². The number of carbonyl (C=O) groups is 1. The Bertz CT molecular complexity index is 486. The van der Waals surface area contributed by atoms with E-state index in [0.29, 0.717) is 25.2 Å². The van der Waals surface area contributed by atoms with Crippen LogP contribution in [0.1, 0.15) is 15.9 Å². The highest BCUT2D eigenvalue weighted by molar-refractivity contribution is 5.94. The van der Waals surface area contributed by atoms with Crippen molar-refractivity contribution in [1.82, 2.24) is 9.80 Å². The molecule has 0 aliphatic rings. The maximum absolute atomic E-state index is 13.1. The molecule has 0 heterocycles. The number of rotatable bonds is 4. The largest absolute Gasteiger partial charge is 0.419 e. The number of alkyl halides is 3. The van der Waals surface area contributed by atoms with E-state index in [2.05, 4.69) is 0 Å². The molecule has 0 aliphatic heterocycles. The maximum atomic E-state index is 13.1. The lowest BCUT2D eigenvalue weighted by atomic mass is 10.1. The Hall–Kier alpha value is -1.63. The summed E-state index contributed by atoms with van der Waals surface area (Å²) in [5, 5.41) is 0. The monoisotopic (exact) mass is 292 g/mol. The standard InChI is InChI=1S/C13H16F4N2O/c1-18(2)6-7-19(3)12(20)9-4-5-11(14)10(8-9)13(15,16)17/h4-5,8H,6-7H2,1-3H3. The summed E-state index contributed by atoms with van der Waals surface area (Å²) in [5.41, 5.74) is -1.61. The topological polar surface area (TPSA) is 23.6 Å². The number of benzene rings is 1. The van der Waals surface area contributed by atoms with Gasteiger partial charge in [-0.1, -0.05) is 0 Å². The van der Waals surface area contributed by atoms with E-state index in [-0.39, 0.29) is 5.56 Å². The number of carbonyl (C=O) groups excluding carboxylic acids is 1. The van der Waals surface area contributed by atoms with Crippen molar-refractivity contribution in [1.29, 1.82) is 0 Å². The summed E-state index contributed by atoms with van der Waals surface area (Å²) >= 11 is 0. The zero-order valence-corrected chi connectivity index (χ0v) is 11.5. The van der Waals surface area contributed by atoms with Crippen molar-refractivity contribution < 1.29 is 22.4 Å². The molecular weight excluding hydrogens is 276 g/mol. The van der Waals surface area contributed by atoms with Gasteiger partial charge < -0.3 is 9.80 Å². The van der Waals surface area contributed by atoms with Crippen LogP contribution in [0.15, 0.2) is 18.2 Å². The van der Waals surface area contributed by atoms with Crippen LogP contribution in [0.4, 0.5) is 17.6 Å². The predicted octanol–water partition coefficient (Wildman–Crippen LogP) is 2.48. The van der Waals surface area contributed by atoms with Crippen molar-refractivity contribution in [2.24, 2.45) is 0 Å². The molecule has 1 rings (SSSR count). The number of hydrogen-bond acceptors (Lipinski definition) is 2. The molecule has 7 heteroatoms. The minimum Gasteiger partial charge on any atom is -0.340 e. The molecule has 0 fully saturated rings. The minimum atomic E-state index is -4.82. The van der Waals surface area contributed by atoms with E-state index in [9.17, 15) is 22.4 Å². The third-order valence-electron chi connectivity index (χ3n) is 2.75. The summed E-state index contributed by atoms with van der Waals surface area (Å²) in [6, 6.07) is 2.26. The number of nitrogens with zero attached hydrogens (tertiary/aromatic N) is 2. The fourth-order valence-corrected chi connectivity index (χ4v) is 1.55. The van der Waals surface area contributed by atoms with Gasteiger partial charge >= 0.3 is 6.18 Å². The van der Waals surface area contributed by atoms with Crippen LogP contribution in [0, 0.1) is 5.82 Å². The molecule has 0 bridgehead atoms. The van der Waals surface area contributed by atoms with Gasteiger partial charge in [0.2, 0.25) is 0 Å². The van der Waals surface area contributed by atoms with Crippen molar-refractivity contribution in [3.8, 4) is 0 Å². The van der Waals surface area contributed by atoms with E-state index in [4.69, 9.17) is 0 Å². The number of hydrogen-bond donors (Lipinski definition) is 0. The van der Waals surface area contributed by atoms with Crippen molar-refractivity contribution in [2.45, 2.75) is 6.18 Å². The Balaban J connectivity index is 2.94. The van der Waals surface area contributed by atoms with Crippen LogP contribution in [0.25, 0.3) is 0 Å². The zero-order chi connectivity index (χ0) is 15.5. The zero-order valence-electron chi connectivity index (χ0n) is 11.5. The second-order valence-corrected chi connectivity index (χ2v) is 4.72. The molecule has 3 nitrogen and oxygen atoms in total. The number of likely N-dealkylation sites (N-methyl/N-ethyl adjacent to an activating group) is 2. The van der Waals surface area contributed by atoms with Gasteiger partial charge in [-0.2, -0.15) is 13.2 Å². The number of halogens is 4. The lowest BCUT2D eigenvalue weighted by molar-refractivity contribution is -0.140. The molecule has 1 aromatic rings. The maximum Gasteiger partial charge on any atom is 0.419 e. The van der Waals surface area contributed by atoms with Gasteiger partial charge in [-0.05, 0) is 32.3 Å². The quantitative estimate of drug-likeness (QED) is 0.796. The molecule has 112 valence electrons. The summed E-state index contributed by atoms with van der Waals surface area (Å²) in [4.78, 5) is 15.1. The molecule has 0 aliphatic carbocycles. The van der Waals surface area contributed by atoms with Gasteiger partial charge in [0.25, 0.3) is 5.91 Å². The average molecular weight is 292 g/mol. The lowest BCUT2D eigenvalue weighted by Crippen LogP contribution is -2.33. The van der Waals surface area contributed by atoms with Crippen LogP contribution in [0.3, 0.4) is 0 Å².